The molecule has 0 aliphatic rings. The minimum atomic E-state index is -0.534. The van der Waals surface area contributed by atoms with Gasteiger partial charge in [-0.3, -0.25) is 9.59 Å². The molecule has 0 amide bonds. The number of carbonyl (C=O) groups excluding carboxylic acids is 2. The molecule has 0 saturated carbocycles. The molecule has 1 rings (SSSR count). The topological polar surface area (TPSA) is 43.4 Å². The molecule has 0 radical (unpaired) electrons. The monoisotopic (exact) mass is 256 g/mol. The quantitative estimate of drug-likeness (QED) is 0.734. The summed E-state index contributed by atoms with van der Waals surface area (Å²) in [5.74, 6) is -1.70. The molecule has 0 saturated heterocycles. The molecule has 98 valence electrons. The predicted octanol–water partition coefficient (Wildman–Crippen LogP) is 2.42. The van der Waals surface area contributed by atoms with Crippen LogP contribution in [0.4, 0.5) is 8.78 Å². The number of halogens is 2. The number of methoxy groups -OCH3 is 1. The first kappa shape index (κ1) is 14.3. The van der Waals surface area contributed by atoms with Crippen LogP contribution in [-0.4, -0.2) is 18.9 Å². The van der Waals surface area contributed by atoms with Gasteiger partial charge in [0, 0.05) is 12.8 Å². The molecular formula is C13H14F2O3. The van der Waals surface area contributed by atoms with Crippen LogP contribution in [0.1, 0.15) is 24.8 Å². The lowest BCUT2D eigenvalue weighted by atomic mass is 10.0. The molecule has 18 heavy (non-hydrogen) atoms. The molecule has 0 heterocycles. The number of Topliss-reactive ketones (excluding diaryl/α,β-unsaturated/α-hetero) is 1. The minimum absolute atomic E-state index is 0.0148. The Morgan fingerprint density at radius 2 is 1.89 bits per heavy atom. The smallest absolute Gasteiger partial charge is 0.305 e. The lowest BCUT2D eigenvalue weighted by Crippen LogP contribution is -2.07. The summed E-state index contributed by atoms with van der Waals surface area (Å²) in [7, 11) is 1.24. The van der Waals surface area contributed by atoms with Crippen LogP contribution in [0.2, 0.25) is 0 Å². The Kier molecular flexibility index (Phi) is 5.42. The highest BCUT2D eigenvalue weighted by Gasteiger charge is 2.09. The fourth-order valence-corrected chi connectivity index (χ4v) is 1.48. The normalized spacial score (nSPS) is 10.2. The highest BCUT2D eigenvalue weighted by molar-refractivity contribution is 5.83. The summed E-state index contributed by atoms with van der Waals surface area (Å²) in [6.45, 7) is 0. The summed E-state index contributed by atoms with van der Waals surface area (Å²) in [6, 6.07) is 3.13. The maximum absolute atomic E-state index is 13.2. The van der Waals surface area contributed by atoms with Crippen molar-refractivity contribution in [2.45, 2.75) is 25.7 Å². The van der Waals surface area contributed by atoms with Crippen LogP contribution in [0.25, 0.3) is 0 Å². The number of aryl methyl sites for hydroxylation is 1. The third kappa shape index (κ3) is 4.61. The summed E-state index contributed by atoms with van der Waals surface area (Å²) in [4.78, 5) is 22.2. The van der Waals surface area contributed by atoms with E-state index in [1.807, 2.05) is 0 Å². The zero-order valence-electron chi connectivity index (χ0n) is 10.0. The Labute approximate surface area is 104 Å². The fraction of sp³-hybridized carbons (Fsp3) is 0.385. The second kappa shape index (κ2) is 6.83. The van der Waals surface area contributed by atoms with E-state index >= 15 is 0 Å². The van der Waals surface area contributed by atoms with E-state index in [9.17, 15) is 18.4 Å². The second-order valence-corrected chi connectivity index (χ2v) is 3.85. The van der Waals surface area contributed by atoms with Gasteiger partial charge in [-0.2, -0.15) is 0 Å². The SMILES string of the molecule is COC(=O)CCC(=O)CCc1cc(F)ccc1F. The van der Waals surface area contributed by atoms with E-state index < -0.39 is 17.6 Å². The molecule has 0 fully saturated rings. The van der Waals surface area contributed by atoms with Crippen molar-refractivity contribution in [1.82, 2.24) is 0 Å². The van der Waals surface area contributed by atoms with Crippen molar-refractivity contribution in [3.63, 3.8) is 0 Å². The van der Waals surface area contributed by atoms with Gasteiger partial charge in [0.15, 0.2) is 0 Å². The van der Waals surface area contributed by atoms with E-state index in [1.165, 1.54) is 7.11 Å². The number of carbonyl (C=O) groups is 2. The van der Waals surface area contributed by atoms with Gasteiger partial charge in [-0.15, -0.1) is 0 Å². The van der Waals surface area contributed by atoms with Gasteiger partial charge in [-0.25, -0.2) is 8.78 Å². The van der Waals surface area contributed by atoms with E-state index in [0.717, 1.165) is 18.2 Å². The van der Waals surface area contributed by atoms with E-state index in [4.69, 9.17) is 0 Å². The molecule has 0 bridgehead atoms. The average molecular weight is 256 g/mol. The number of esters is 1. The number of ether oxygens (including phenoxy) is 1. The van der Waals surface area contributed by atoms with Gasteiger partial charge in [0.1, 0.15) is 17.4 Å². The number of ketones is 1. The van der Waals surface area contributed by atoms with Crippen LogP contribution < -0.4 is 0 Å². The van der Waals surface area contributed by atoms with Crippen molar-refractivity contribution < 1.29 is 23.1 Å². The first-order valence-corrected chi connectivity index (χ1v) is 5.55. The van der Waals surface area contributed by atoms with Gasteiger partial charge in [0.05, 0.1) is 13.5 Å². The van der Waals surface area contributed by atoms with Crippen LogP contribution in [0.15, 0.2) is 18.2 Å². The van der Waals surface area contributed by atoms with Crippen LogP contribution >= 0.6 is 0 Å². The maximum Gasteiger partial charge on any atom is 0.305 e. The van der Waals surface area contributed by atoms with E-state index in [1.54, 1.807) is 0 Å². The van der Waals surface area contributed by atoms with Gasteiger partial charge in [-0.1, -0.05) is 0 Å². The van der Waals surface area contributed by atoms with Crippen LogP contribution in [0.5, 0.6) is 0 Å². The Balaban J connectivity index is 2.42. The maximum atomic E-state index is 13.2. The first-order valence-electron chi connectivity index (χ1n) is 5.55. The summed E-state index contributed by atoms with van der Waals surface area (Å²) in [6.07, 6.45) is 0.283. The highest BCUT2D eigenvalue weighted by atomic mass is 19.1. The third-order valence-corrected chi connectivity index (χ3v) is 2.52. The van der Waals surface area contributed by atoms with Gasteiger partial charge < -0.3 is 4.74 Å². The second-order valence-electron chi connectivity index (χ2n) is 3.85. The standard InChI is InChI=1S/C13H14F2O3/c1-18-13(17)7-5-11(16)4-2-9-8-10(14)3-6-12(9)15/h3,6,8H,2,4-5,7H2,1H3. The molecule has 1 aromatic rings. The summed E-state index contributed by atoms with van der Waals surface area (Å²) >= 11 is 0. The number of rotatable bonds is 6. The van der Waals surface area contributed by atoms with Crippen LogP contribution in [0.3, 0.4) is 0 Å². The summed E-state index contributed by atoms with van der Waals surface area (Å²) in [5.41, 5.74) is 0.168. The molecule has 3 nitrogen and oxygen atoms in total. The van der Waals surface area contributed by atoms with Gasteiger partial charge in [0.25, 0.3) is 0 Å². The summed E-state index contributed by atoms with van der Waals surface area (Å²) in [5, 5.41) is 0. The molecule has 0 spiro atoms. The molecule has 0 atom stereocenters. The van der Waals surface area contributed by atoms with E-state index in [2.05, 4.69) is 4.74 Å². The molecule has 0 aliphatic heterocycles. The molecule has 0 aliphatic carbocycles. The number of benzene rings is 1. The Bertz CT molecular complexity index is 444. The first-order chi connectivity index (χ1) is 8.52. The fourth-order valence-electron chi connectivity index (χ4n) is 1.48. The van der Waals surface area contributed by atoms with Gasteiger partial charge in [0.2, 0.25) is 0 Å². The Morgan fingerprint density at radius 3 is 2.56 bits per heavy atom. The van der Waals surface area contributed by atoms with Crippen molar-refractivity contribution in [1.29, 1.82) is 0 Å². The Hall–Kier alpha value is -1.78. The van der Waals surface area contributed by atoms with Crippen molar-refractivity contribution in [2.75, 3.05) is 7.11 Å². The largest absolute Gasteiger partial charge is 0.469 e. The average Bonchev–Trinajstić information content (AvgIpc) is 2.36. The highest BCUT2D eigenvalue weighted by Crippen LogP contribution is 2.12. The van der Waals surface area contributed by atoms with Crippen molar-refractivity contribution in [3.8, 4) is 0 Å². The van der Waals surface area contributed by atoms with E-state index in [-0.39, 0.29) is 37.0 Å². The molecule has 0 aromatic heterocycles. The minimum Gasteiger partial charge on any atom is -0.469 e. The van der Waals surface area contributed by atoms with Crippen LogP contribution in [-0.2, 0) is 20.7 Å². The Morgan fingerprint density at radius 1 is 1.17 bits per heavy atom. The van der Waals surface area contributed by atoms with E-state index in [0.29, 0.717) is 0 Å². The number of hydrogen-bond acceptors (Lipinski definition) is 3. The predicted molar refractivity (Wildman–Crippen MR) is 60.9 cm³/mol. The molecule has 0 N–H and O–H groups in total. The summed E-state index contributed by atoms with van der Waals surface area (Å²) < 4.78 is 30.5. The van der Waals surface area contributed by atoms with Crippen molar-refractivity contribution in [3.05, 3.63) is 35.4 Å². The molecule has 1 aromatic carbocycles. The zero-order chi connectivity index (χ0) is 13.5. The molecule has 0 unspecified atom stereocenters. The third-order valence-electron chi connectivity index (χ3n) is 2.52. The van der Waals surface area contributed by atoms with Crippen LogP contribution in [0, 0.1) is 11.6 Å². The lowest BCUT2D eigenvalue weighted by Gasteiger charge is -2.03. The van der Waals surface area contributed by atoms with Gasteiger partial charge in [-0.05, 0) is 30.2 Å². The molecular weight excluding hydrogens is 242 g/mol. The number of hydrogen-bond donors (Lipinski definition) is 0. The zero-order valence-corrected chi connectivity index (χ0v) is 10.0. The van der Waals surface area contributed by atoms with Gasteiger partial charge >= 0.3 is 5.97 Å². The van der Waals surface area contributed by atoms with Crippen molar-refractivity contribution in [2.24, 2.45) is 0 Å². The van der Waals surface area contributed by atoms with Crippen molar-refractivity contribution >= 4 is 11.8 Å². The lowest BCUT2D eigenvalue weighted by molar-refractivity contribution is -0.141. The molecule has 5 heteroatoms.